The van der Waals surface area contributed by atoms with Crippen molar-refractivity contribution in [1.29, 1.82) is 0 Å². The van der Waals surface area contributed by atoms with E-state index >= 15 is 0 Å². The Labute approximate surface area is 90.1 Å². The molecule has 0 unspecified atom stereocenters. The molecule has 0 amide bonds. The summed E-state index contributed by atoms with van der Waals surface area (Å²) in [6.45, 7) is 3.35. The van der Waals surface area contributed by atoms with Crippen LogP contribution in [0, 0.1) is 5.92 Å². The summed E-state index contributed by atoms with van der Waals surface area (Å²) in [7, 11) is 0. The maximum absolute atomic E-state index is 4.44. The predicted octanol–water partition coefficient (Wildman–Crippen LogP) is 1.16. The van der Waals surface area contributed by atoms with Gasteiger partial charge in [-0.1, -0.05) is 0 Å². The highest BCUT2D eigenvalue weighted by Crippen LogP contribution is 2.32. The van der Waals surface area contributed by atoms with Gasteiger partial charge in [-0.15, -0.1) is 0 Å². The lowest BCUT2D eigenvalue weighted by atomic mass is 9.97. The Morgan fingerprint density at radius 3 is 2.80 bits per heavy atom. The van der Waals surface area contributed by atoms with Gasteiger partial charge in [0.15, 0.2) is 0 Å². The number of nitrogens with zero attached hydrogens (tertiary/aromatic N) is 3. The molecule has 1 saturated carbocycles. The molecule has 2 fully saturated rings. The Kier molecular flexibility index (Phi) is 2.44. The van der Waals surface area contributed by atoms with E-state index in [1.165, 1.54) is 31.5 Å². The molecule has 0 spiro atoms. The lowest BCUT2D eigenvalue weighted by Gasteiger charge is -2.22. The SMILES string of the molecule is c1nc(C2CCNCC2)n(CC2CC2)n1. The summed E-state index contributed by atoms with van der Waals surface area (Å²) >= 11 is 0. The summed E-state index contributed by atoms with van der Waals surface area (Å²) in [5, 5.41) is 7.75. The molecule has 4 nitrogen and oxygen atoms in total. The van der Waals surface area contributed by atoms with E-state index in [4.69, 9.17) is 0 Å². The molecule has 1 N–H and O–H groups in total. The summed E-state index contributed by atoms with van der Waals surface area (Å²) in [4.78, 5) is 4.44. The number of rotatable bonds is 3. The fourth-order valence-corrected chi connectivity index (χ4v) is 2.36. The van der Waals surface area contributed by atoms with Gasteiger partial charge in [-0.3, -0.25) is 0 Å². The van der Waals surface area contributed by atoms with Gasteiger partial charge in [0.1, 0.15) is 12.2 Å². The van der Waals surface area contributed by atoms with Crippen LogP contribution < -0.4 is 5.32 Å². The summed E-state index contributed by atoms with van der Waals surface area (Å²) < 4.78 is 2.15. The Bertz CT molecular complexity index is 323. The van der Waals surface area contributed by atoms with E-state index in [9.17, 15) is 0 Å². The van der Waals surface area contributed by atoms with E-state index in [0.29, 0.717) is 5.92 Å². The van der Waals surface area contributed by atoms with Crippen LogP contribution in [0.25, 0.3) is 0 Å². The highest BCUT2D eigenvalue weighted by atomic mass is 15.3. The van der Waals surface area contributed by atoms with Crippen LogP contribution in [0.2, 0.25) is 0 Å². The number of hydrogen-bond acceptors (Lipinski definition) is 3. The van der Waals surface area contributed by atoms with Crippen molar-refractivity contribution in [1.82, 2.24) is 20.1 Å². The van der Waals surface area contributed by atoms with Gasteiger partial charge in [-0.05, 0) is 44.7 Å². The van der Waals surface area contributed by atoms with E-state index < -0.39 is 0 Å². The first-order chi connectivity index (χ1) is 7.43. The van der Waals surface area contributed by atoms with Gasteiger partial charge in [0.05, 0.1) is 0 Å². The smallest absolute Gasteiger partial charge is 0.138 e. The van der Waals surface area contributed by atoms with Gasteiger partial charge in [-0.2, -0.15) is 5.10 Å². The Morgan fingerprint density at radius 2 is 2.07 bits per heavy atom. The van der Waals surface area contributed by atoms with Crippen molar-refractivity contribution in [2.24, 2.45) is 5.92 Å². The molecule has 0 atom stereocenters. The lowest BCUT2D eigenvalue weighted by Crippen LogP contribution is -2.28. The van der Waals surface area contributed by atoms with Gasteiger partial charge in [0, 0.05) is 12.5 Å². The molecular weight excluding hydrogens is 188 g/mol. The maximum atomic E-state index is 4.44. The van der Waals surface area contributed by atoms with Crippen molar-refractivity contribution in [2.75, 3.05) is 13.1 Å². The highest BCUT2D eigenvalue weighted by molar-refractivity contribution is 4.98. The van der Waals surface area contributed by atoms with E-state index in [0.717, 1.165) is 25.6 Å². The van der Waals surface area contributed by atoms with Crippen LogP contribution in [-0.2, 0) is 6.54 Å². The van der Waals surface area contributed by atoms with Crippen molar-refractivity contribution in [3.05, 3.63) is 12.2 Å². The Morgan fingerprint density at radius 1 is 1.27 bits per heavy atom. The first-order valence-corrected chi connectivity index (χ1v) is 6.02. The fourth-order valence-electron chi connectivity index (χ4n) is 2.36. The van der Waals surface area contributed by atoms with E-state index in [1.54, 1.807) is 6.33 Å². The predicted molar refractivity (Wildman–Crippen MR) is 57.6 cm³/mol. The zero-order valence-corrected chi connectivity index (χ0v) is 9.02. The second kappa shape index (κ2) is 3.93. The van der Waals surface area contributed by atoms with Crippen molar-refractivity contribution < 1.29 is 0 Å². The van der Waals surface area contributed by atoms with Crippen LogP contribution in [0.4, 0.5) is 0 Å². The van der Waals surface area contributed by atoms with E-state index in [2.05, 4.69) is 20.1 Å². The van der Waals surface area contributed by atoms with Gasteiger partial charge in [0.2, 0.25) is 0 Å². The number of aromatic nitrogens is 3. The zero-order chi connectivity index (χ0) is 10.1. The number of hydrogen-bond donors (Lipinski definition) is 1. The second-order valence-corrected chi connectivity index (χ2v) is 4.77. The van der Waals surface area contributed by atoms with Crippen molar-refractivity contribution in [3.8, 4) is 0 Å². The largest absolute Gasteiger partial charge is 0.317 e. The molecule has 3 rings (SSSR count). The molecule has 2 heterocycles. The highest BCUT2D eigenvalue weighted by Gasteiger charge is 2.26. The van der Waals surface area contributed by atoms with Gasteiger partial charge >= 0.3 is 0 Å². The first-order valence-electron chi connectivity index (χ1n) is 6.02. The normalized spacial score (nSPS) is 23.2. The molecule has 0 bridgehead atoms. The molecule has 1 aliphatic heterocycles. The molecule has 1 aliphatic carbocycles. The van der Waals surface area contributed by atoms with Crippen molar-refractivity contribution in [3.63, 3.8) is 0 Å². The van der Waals surface area contributed by atoms with E-state index in [1.807, 2.05) is 0 Å². The average Bonchev–Trinajstić information content (AvgIpc) is 2.96. The molecule has 15 heavy (non-hydrogen) atoms. The first kappa shape index (κ1) is 9.33. The van der Waals surface area contributed by atoms with Gasteiger partial charge in [-0.25, -0.2) is 9.67 Å². The molecular formula is C11H18N4. The van der Waals surface area contributed by atoms with Crippen LogP contribution in [0.3, 0.4) is 0 Å². The van der Waals surface area contributed by atoms with Crippen LogP contribution >= 0.6 is 0 Å². The van der Waals surface area contributed by atoms with E-state index in [-0.39, 0.29) is 0 Å². The molecule has 4 heteroatoms. The topological polar surface area (TPSA) is 42.7 Å². The quantitative estimate of drug-likeness (QED) is 0.807. The zero-order valence-electron chi connectivity index (χ0n) is 9.02. The summed E-state index contributed by atoms with van der Waals surface area (Å²) in [6.07, 6.45) is 6.91. The minimum absolute atomic E-state index is 0.632. The molecule has 0 aromatic carbocycles. The van der Waals surface area contributed by atoms with Crippen LogP contribution in [0.1, 0.15) is 37.4 Å². The maximum Gasteiger partial charge on any atom is 0.138 e. The van der Waals surface area contributed by atoms with Crippen molar-refractivity contribution >= 4 is 0 Å². The van der Waals surface area contributed by atoms with Gasteiger partial charge < -0.3 is 5.32 Å². The monoisotopic (exact) mass is 206 g/mol. The van der Waals surface area contributed by atoms with Crippen LogP contribution in [0.15, 0.2) is 6.33 Å². The molecule has 1 saturated heterocycles. The summed E-state index contributed by atoms with van der Waals surface area (Å²) in [5.41, 5.74) is 0. The Balaban J connectivity index is 1.73. The minimum Gasteiger partial charge on any atom is -0.317 e. The van der Waals surface area contributed by atoms with Crippen LogP contribution in [0.5, 0.6) is 0 Å². The number of nitrogens with one attached hydrogen (secondary N) is 1. The molecule has 0 radical (unpaired) electrons. The third kappa shape index (κ3) is 2.04. The number of piperidine rings is 1. The lowest BCUT2D eigenvalue weighted by molar-refractivity contribution is 0.415. The molecule has 2 aliphatic rings. The standard InChI is InChI=1S/C11H18N4/c1-2-9(1)7-15-11(13-8-14-15)10-3-5-12-6-4-10/h8-10,12H,1-7H2. The van der Waals surface area contributed by atoms with Gasteiger partial charge in [0.25, 0.3) is 0 Å². The molecule has 1 aromatic rings. The molecule has 1 aromatic heterocycles. The second-order valence-electron chi connectivity index (χ2n) is 4.77. The third-order valence-electron chi connectivity index (χ3n) is 3.48. The van der Waals surface area contributed by atoms with Crippen molar-refractivity contribution in [2.45, 2.75) is 38.1 Å². The van der Waals surface area contributed by atoms with Crippen LogP contribution in [-0.4, -0.2) is 27.9 Å². The Hall–Kier alpha value is -0.900. The molecule has 82 valence electrons. The average molecular weight is 206 g/mol. The minimum atomic E-state index is 0.632. The summed E-state index contributed by atoms with van der Waals surface area (Å²) in [5.74, 6) is 2.74. The third-order valence-corrected chi connectivity index (χ3v) is 3.48. The fraction of sp³-hybridized carbons (Fsp3) is 0.818. The summed E-state index contributed by atoms with van der Waals surface area (Å²) in [6, 6.07) is 0.